The van der Waals surface area contributed by atoms with Crippen molar-refractivity contribution < 1.29 is 19.6 Å². The zero-order valence-electron chi connectivity index (χ0n) is 22.2. The average molecular weight is 427 g/mol. The zero-order chi connectivity index (χ0) is 23.8. The van der Waals surface area contributed by atoms with Gasteiger partial charge in [0.1, 0.15) is 0 Å². The van der Waals surface area contributed by atoms with E-state index in [1.807, 2.05) is 33.8 Å². The third-order valence-electron chi connectivity index (χ3n) is 4.16. The maximum absolute atomic E-state index is 5.82. The van der Waals surface area contributed by atoms with Crippen molar-refractivity contribution in [1.29, 1.82) is 0 Å². The van der Waals surface area contributed by atoms with Gasteiger partial charge in [-0.1, -0.05) is 58.8 Å². The molecule has 0 amide bonds. The fraction of sp³-hybridized carbons (Fsp3) is 0.846. The third kappa shape index (κ3) is 17.0. The summed E-state index contributed by atoms with van der Waals surface area (Å²) in [6.45, 7) is 27.6. The van der Waals surface area contributed by atoms with Gasteiger partial charge in [-0.3, -0.25) is 0 Å². The average Bonchev–Trinajstić information content (AvgIpc) is 2.44. The highest BCUT2D eigenvalue weighted by Gasteiger charge is 2.31. The fourth-order valence-corrected chi connectivity index (χ4v) is 3.94. The van der Waals surface area contributed by atoms with Gasteiger partial charge in [0.05, 0.1) is 11.2 Å². The zero-order valence-corrected chi connectivity index (χ0v) is 22.2. The summed E-state index contributed by atoms with van der Waals surface area (Å²) in [6, 6.07) is 0. The monoisotopic (exact) mass is 426 g/mol. The molecule has 178 valence electrons. The summed E-state index contributed by atoms with van der Waals surface area (Å²) in [7, 11) is 0. The molecular formula is C26H50O4. The van der Waals surface area contributed by atoms with Crippen LogP contribution in [-0.2, 0) is 19.6 Å². The summed E-state index contributed by atoms with van der Waals surface area (Å²) in [6.07, 6.45) is 7.09. The first-order valence-electron chi connectivity index (χ1n) is 11.3. The molecule has 0 bridgehead atoms. The number of rotatable bonds is 12. The summed E-state index contributed by atoms with van der Waals surface area (Å²) < 4.78 is 0. The van der Waals surface area contributed by atoms with Gasteiger partial charge in [-0.25, -0.2) is 9.78 Å². The van der Waals surface area contributed by atoms with Gasteiger partial charge < -0.3 is 0 Å². The topological polar surface area (TPSA) is 36.9 Å². The fourth-order valence-electron chi connectivity index (χ4n) is 3.94. The maximum Gasteiger partial charge on any atom is 0.242 e. The predicted octanol–water partition coefficient (Wildman–Crippen LogP) is 8.33. The first-order valence-corrected chi connectivity index (χ1v) is 11.3. The molecule has 0 spiro atoms. The molecule has 0 fully saturated rings. The molecule has 0 aromatic carbocycles. The molecule has 0 saturated carbocycles. The van der Waals surface area contributed by atoms with Crippen molar-refractivity contribution >= 4 is 0 Å². The standard InChI is InChI=1S/C26H50O4/c1-20(2)15-14-16-21(3)17-22(27-29-25(10,11)18-23(4,5)6)28-30-26(12,13)19-24(7,8)9/h15,17,22H,14,16,18-19H2,1-13H3. The van der Waals surface area contributed by atoms with Crippen molar-refractivity contribution in [1.82, 2.24) is 0 Å². The van der Waals surface area contributed by atoms with Crippen LogP contribution in [0.3, 0.4) is 0 Å². The normalized spacial score (nSPS) is 14.4. The summed E-state index contributed by atoms with van der Waals surface area (Å²) in [4.78, 5) is 23.1. The van der Waals surface area contributed by atoms with E-state index in [0.717, 1.165) is 25.7 Å². The first kappa shape index (κ1) is 29.3. The van der Waals surface area contributed by atoms with E-state index in [-0.39, 0.29) is 10.8 Å². The SMILES string of the molecule is CC(C)=CCCC(C)=CC(OOC(C)(C)CC(C)(C)C)OOC(C)(C)CC(C)(C)C. The summed E-state index contributed by atoms with van der Waals surface area (Å²) >= 11 is 0. The molecule has 0 aromatic heterocycles. The highest BCUT2D eigenvalue weighted by Crippen LogP contribution is 2.32. The van der Waals surface area contributed by atoms with Gasteiger partial charge >= 0.3 is 0 Å². The van der Waals surface area contributed by atoms with Crippen molar-refractivity contribution in [2.45, 2.75) is 133 Å². The lowest BCUT2D eigenvalue weighted by molar-refractivity contribution is -0.490. The Bertz CT molecular complexity index is 521. The molecule has 0 N–H and O–H groups in total. The first-order chi connectivity index (χ1) is 13.3. The highest BCUT2D eigenvalue weighted by molar-refractivity contribution is 5.03. The van der Waals surface area contributed by atoms with Crippen LogP contribution in [0, 0.1) is 10.8 Å². The lowest BCUT2D eigenvalue weighted by Crippen LogP contribution is -2.35. The Hall–Kier alpha value is -0.680. The van der Waals surface area contributed by atoms with Crippen LogP contribution in [0.15, 0.2) is 23.3 Å². The Morgan fingerprint density at radius 1 is 0.700 bits per heavy atom. The summed E-state index contributed by atoms with van der Waals surface area (Å²) in [5.41, 5.74) is 1.88. The van der Waals surface area contributed by atoms with Crippen LogP contribution in [0.1, 0.15) is 116 Å². The second-order valence-electron chi connectivity index (χ2n) is 12.6. The summed E-state index contributed by atoms with van der Waals surface area (Å²) in [5.74, 6) is 0. The minimum atomic E-state index is -0.727. The van der Waals surface area contributed by atoms with E-state index in [2.05, 4.69) is 68.4 Å². The molecule has 0 unspecified atom stereocenters. The Labute approximate surface area is 187 Å². The molecule has 0 aromatic rings. The van der Waals surface area contributed by atoms with E-state index in [1.165, 1.54) is 11.1 Å². The molecular weight excluding hydrogens is 376 g/mol. The van der Waals surface area contributed by atoms with Crippen LogP contribution in [0.4, 0.5) is 0 Å². The second-order valence-corrected chi connectivity index (χ2v) is 12.6. The van der Waals surface area contributed by atoms with E-state index in [4.69, 9.17) is 19.6 Å². The minimum absolute atomic E-state index is 0.129. The Balaban J connectivity index is 5.18. The molecule has 0 heterocycles. The molecule has 0 atom stereocenters. The van der Waals surface area contributed by atoms with Gasteiger partial charge in [-0.15, -0.1) is 0 Å². The Morgan fingerprint density at radius 2 is 1.10 bits per heavy atom. The van der Waals surface area contributed by atoms with Crippen molar-refractivity contribution in [2.75, 3.05) is 0 Å². The van der Waals surface area contributed by atoms with Crippen molar-refractivity contribution in [3.8, 4) is 0 Å². The number of allylic oxidation sites excluding steroid dienone is 3. The lowest BCUT2D eigenvalue weighted by Gasteiger charge is -2.33. The second kappa shape index (κ2) is 11.8. The Morgan fingerprint density at radius 3 is 1.43 bits per heavy atom. The van der Waals surface area contributed by atoms with Gasteiger partial charge in [0.15, 0.2) is 0 Å². The molecule has 0 aliphatic heterocycles. The van der Waals surface area contributed by atoms with E-state index in [9.17, 15) is 0 Å². The van der Waals surface area contributed by atoms with Gasteiger partial charge in [-0.05, 0) is 91.1 Å². The molecule has 0 radical (unpaired) electrons. The third-order valence-corrected chi connectivity index (χ3v) is 4.16. The van der Waals surface area contributed by atoms with Crippen LogP contribution >= 0.6 is 0 Å². The van der Waals surface area contributed by atoms with Crippen molar-refractivity contribution in [3.05, 3.63) is 23.3 Å². The predicted molar refractivity (Wildman–Crippen MR) is 127 cm³/mol. The van der Waals surface area contributed by atoms with Gasteiger partial charge in [0.25, 0.3) is 0 Å². The quantitative estimate of drug-likeness (QED) is 0.136. The number of hydrogen-bond acceptors (Lipinski definition) is 4. The van der Waals surface area contributed by atoms with Crippen molar-refractivity contribution in [3.63, 3.8) is 0 Å². The lowest BCUT2D eigenvalue weighted by atomic mass is 9.84. The van der Waals surface area contributed by atoms with Crippen LogP contribution in [0.2, 0.25) is 0 Å². The van der Waals surface area contributed by atoms with E-state index in [1.54, 1.807) is 0 Å². The van der Waals surface area contributed by atoms with Crippen LogP contribution < -0.4 is 0 Å². The largest absolute Gasteiger partial charge is 0.242 e. The summed E-state index contributed by atoms with van der Waals surface area (Å²) in [5, 5.41) is 0. The van der Waals surface area contributed by atoms with E-state index in [0.29, 0.717) is 0 Å². The molecule has 30 heavy (non-hydrogen) atoms. The van der Waals surface area contributed by atoms with Gasteiger partial charge in [0, 0.05) is 0 Å². The molecule has 0 saturated heterocycles. The van der Waals surface area contributed by atoms with Gasteiger partial charge in [-0.2, -0.15) is 9.78 Å². The van der Waals surface area contributed by atoms with E-state index < -0.39 is 17.5 Å². The van der Waals surface area contributed by atoms with Crippen LogP contribution in [-0.4, -0.2) is 17.5 Å². The van der Waals surface area contributed by atoms with Crippen LogP contribution in [0.5, 0.6) is 0 Å². The van der Waals surface area contributed by atoms with Crippen LogP contribution in [0.25, 0.3) is 0 Å². The van der Waals surface area contributed by atoms with E-state index >= 15 is 0 Å². The molecule has 4 nitrogen and oxygen atoms in total. The molecule has 0 aliphatic rings. The highest BCUT2D eigenvalue weighted by atomic mass is 17.3. The minimum Gasteiger partial charge on any atom is -0.227 e. The molecule has 0 rings (SSSR count). The van der Waals surface area contributed by atoms with Crippen molar-refractivity contribution in [2.24, 2.45) is 10.8 Å². The maximum atomic E-state index is 5.82. The van der Waals surface area contributed by atoms with Gasteiger partial charge in [0.2, 0.25) is 6.29 Å². The molecule has 4 heteroatoms. The number of hydrogen-bond donors (Lipinski definition) is 0. The molecule has 0 aliphatic carbocycles. The Kier molecular flexibility index (Phi) is 11.5. The smallest absolute Gasteiger partial charge is 0.227 e.